The van der Waals surface area contributed by atoms with Crippen LogP contribution in [0.25, 0.3) is 0 Å². The van der Waals surface area contributed by atoms with Crippen molar-refractivity contribution >= 4 is 0 Å². The summed E-state index contributed by atoms with van der Waals surface area (Å²) < 4.78 is 0. The second-order valence-corrected chi connectivity index (χ2v) is 5.21. The highest BCUT2D eigenvalue weighted by Gasteiger charge is 2.23. The number of rotatable bonds is 5. The lowest BCUT2D eigenvalue weighted by molar-refractivity contribution is 0.166. The van der Waals surface area contributed by atoms with Crippen LogP contribution in [0.15, 0.2) is 0 Å². The summed E-state index contributed by atoms with van der Waals surface area (Å²) in [6.45, 7) is 8.35. The number of hydrogen-bond acceptors (Lipinski definition) is 2. The monoisotopic (exact) mass is 197 g/mol. The van der Waals surface area contributed by atoms with Crippen LogP contribution < -0.4 is 0 Å². The highest BCUT2D eigenvalue weighted by atomic mass is 16.3. The van der Waals surface area contributed by atoms with E-state index >= 15 is 0 Å². The third kappa shape index (κ3) is 5.99. The van der Waals surface area contributed by atoms with Gasteiger partial charge in [-0.2, -0.15) is 5.26 Å². The van der Waals surface area contributed by atoms with Crippen molar-refractivity contribution in [3.63, 3.8) is 0 Å². The third-order valence-corrected chi connectivity index (χ3v) is 2.74. The van der Waals surface area contributed by atoms with Crippen molar-refractivity contribution in [1.29, 1.82) is 5.26 Å². The van der Waals surface area contributed by atoms with Crippen LogP contribution in [0.4, 0.5) is 0 Å². The fourth-order valence-corrected chi connectivity index (χ4v) is 1.61. The molecular formula is C12H23NO. The van der Waals surface area contributed by atoms with Gasteiger partial charge in [0.05, 0.1) is 12.2 Å². The second-order valence-electron chi connectivity index (χ2n) is 5.21. The smallest absolute Gasteiger partial charge is 0.0624 e. The Bertz CT molecular complexity index is 185. The van der Waals surface area contributed by atoms with Gasteiger partial charge in [0, 0.05) is 6.42 Å². The van der Waals surface area contributed by atoms with Gasteiger partial charge in [0.1, 0.15) is 0 Å². The molecule has 0 aromatic rings. The Kier molecular flexibility index (Phi) is 5.79. The Labute approximate surface area is 87.9 Å². The van der Waals surface area contributed by atoms with Crippen LogP contribution in [0.3, 0.4) is 0 Å². The molecule has 0 heterocycles. The molecule has 0 radical (unpaired) electrons. The topological polar surface area (TPSA) is 44.0 Å². The molecule has 0 aliphatic carbocycles. The third-order valence-electron chi connectivity index (χ3n) is 2.74. The van der Waals surface area contributed by atoms with Gasteiger partial charge < -0.3 is 5.11 Å². The van der Waals surface area contributed by atoms with Crippen molar-refractivity contribution in [3.05, 3.63) is 0 Å². The van der Waals surface area contributed by atoms with Gasteiger partial charge in [0.25, 0.3) is 0 Å². The molecule has 0 bridgehead atoms. The van der Waals surface area contributed by atoms with Gasteiger partial charge in [-0.05, 0) is 31.1 Å². The summed E-state index contributed by atoms with van der Waals surface area (Å²) in [6.07, 6.45) is 3.32. The normalized spacial score (nSPS) is 16.0. The lowest BCUT2D eigenvalue weighted by atomic mass is 9.76. The molecule has 0 rings (SSSR count). The number of aliphatic hydroxyl groups is 1. The van der Waals surface area contributed by atoms with Crippen molar-refractivity contribution in [2.45, 2.75) is 59.5 Å². The van der Waals surface area contributed by atoms with Crippen LogP contribution in [0.2, 0.25) is 0 Å². The second kappa shape index (κ2) is 6.03. The van der Waals surface area contributed by atoms with E-state index in [1.807, 2.05) is 6.92 Å². The van der Waals surface area contributed by atoms with Crippen molar-refractivity contribution in [1.82, 2.24) is 0 Å². The average Bonchev–Trinajstić information content (AvgIpc) is 2.00. The summed E-state index contributed by atoms with van der Waals surface area (Å²) in [5.74, 6) is 0.450. The number of nitriles is 1. The molecule has 0 aromatic carbocycles. The van der Waals surface area contributed by atoms with Gasteiger partial charge in [0.2, 0.25) is 0 Å². The molecule has 0 spiro atoms. The van der Waals surface area contributed by atoms with Gasteiger partial charge >= 0.3 is 0 Å². The van der Waals surface area contributed by atoms with Crippen LogP contribution in [0.5, 0.6) is 0 Å². The number of nitrogens with zero attached hydrogens (tertiary/aromatic N) is 1. The molecule has 2 nitrogen and oxygen atoms in total. The highest BCUT2D eigenvalue weighted by molar-refractivity contribution is 4.83. The van der Waals surface area contributed by atoms with E-state index in [1.54, 1.807) is 0 Å². The molecule has 2 heteroatoms. The fourth-order valence-electron chi connectivity index (χ4n) is 1.61. The summed E-state index contributed by atoms with van der Waals surface area (Å²) in [5, 5.41) is 17.8. The maximum atomic E-state index is 9.13. The molecule has 82 valence electrons. The Morgan fingerprint density at radius 3 is 2.21 bits per heavy atom. The van der Waals surface area contributed by atoms with Crippen LogP contribution in [-0.4, -0.2) is 11.2 Å². The van der Waals surface area contributed by atoms with Crippen molar-refractivity contribution in [2.75, 3.05) is 0 Å². The van der Waals surface area contributed by atoms with Crippen LogP contribution in [0.1, 0.15) is 53.4 Å². The standard InChI is InChI=1S/C12H23NO/c1-10(14)6-5-7-11(8-9-13)12(2,3)4/h10-11,14H,5-8H2,1-4H3. The summed E-state index contributed by atoms with van der Waals surface area (Å²) >= 11 is 0. The fraction of sp³-hybridized carbons (Fsp3) is 0.917. The van der Waals surface area contributed by atoms with Gasteiger partial charge in [-0.25, -0.2) is 0 Å². The van der Waals surface area contributed by atoms with Crippen LogP contribution >= 0.6 is 0 Å². The number of aliphatic hydroxyl groups excluding tert-OH is 1. The summed E-state index contributed by atoms with van der Waals surface area (Å²) in [4.78, 5) is 0. The summed E-state index contributed by atoms with van der Waals surface area (Å²) in [7, 11) is 0. The molecule has 0 aromatic heterocycles. The van der Waals surface area contributed by atoms with E-state index in [0.717, 1.165) is 19.3 Å². The quantitative estimate of drug-likeness (QED) is 0.736. The first kappa shape index (κ1) is 13.4. The Morgan fingerprint density at radius 1 is 1.29 bits per heavy atom. The van der Waals surface area contributed by atoms with E-state index in [9.17, 15) is 0 Å². The predicted molar refractivity (Wildman–Crippen MR) is 58.7 cm³/mol. The lowest BCUT2D eigenvalue weighted by Crippen LogP contribution is -2.20. The Hall–Kier alpha value is -0.550. The van der Waals surface area contributed by atoms with Crippen molar-refractivity contribution in [3.8, 4) is 6.07 Å². The van der Waals surface area contributed by atoms with Crippen molar-refractivity contribution < 1.29 is 5.11 Å². The molecule has 0 fully saturated rings. The first-order valence-electron chi connectivity index (χ1n) is 5.43. The van der Waals surface area contributed by atoms with Crippen molar-refractivity contribution in [2.24, 2.45) is 11.3 Å². The molecule has 1 N–H and O–H groups in total. The van der Waals surface area contributed by atoms with Gasteiger partial charge in [0.15, 0.2) is 0 Å². The maximum absolute atomic E-state index is 9.13. The molecule has 2 atom stereocenters. The first-order chi connectivity index (χ1) is 6.38. The van der Waals surface area contributed by atoms with E-state index in [0.29, 0.717) is 12.3 Å². The maximum Gasteiger partial charge on any atom is 0.0624 e. The van der Waals surface area contributed by atoms with Crippen LogP contribution in [-0.2, 0) is 0 Å². The Morgan fingerprint density at radius 2 is 1.86 bits per heavy atom. The molecule has 0 saturated carbocycles. The minimum Gasteiger partial charge on any atom is -0.393 e. The predicted octanol–water partition coefficient (Wildman–Crippen LogP) is 3.11. The van der Waals surface area contributed by atoms with Crippen LogP contribution in [0, 0.1) is 22.7 Å². The molecule has 0 aliphatic rings. The average molecular weight is 197 g/mol. The molecule has 0 amide bonds. The zero-order valence-corrected chi connectivity index (χ0v) is 9.88. The summed E-state index contributed by atoms with van der Waals surface area (Å²) in [6, 6.07) is 2.25. The molecule has 14 heavy (non-hydrogen) atoms. The van der Waals surface area contributed by atoms with Gasteiger partial charge in [-0.3, -0.25) is 0 Å². The molecule has 0 aliphatic heterocycles. The largest absolute Gasteiger partial charge is 0.393 e. The summed E-state index contributed by atoms with van der Waals surface area (Å²) in [5.41, 5.74) is 0.203. The SMILES string of the molecule is CC(O)CCCC(CC#N)C(C)(C)C. The van der Waals surface area contributed by atoms with E-state index in [-0.39, 0.29) is 11.5 Å². The first-order valence-corrected chi connectivity index (χ1v) is 5.43. The van der Waals surface area contributed by atoms with E-state index < -0.39 is 0 Å². The molecule has 2 unspecified atom stereocenters. The number of hydrogen-bond donors (Lipinski definition) is 1. The molecule has 0 saturated heterocycles. The Balaban J connectivity index is 3.94. The molecular weight excluding hydrogens is 174 g/mol. The van der Waals surface area contributed by atoms with E-state index in [2.05, 4.69) is 26.8 Å². The zero-order valence-electron chi connectivity index (χ0n) is 9.88. The van der Waals surface area contributed by atoms with Gasteiger partial charge in [-0.15, -0.1) is 0 Å². The minimum absolute atomic E-state index is 0.203. The van der Waals surface area contributed by atoms with E-state index in [1.165, 1.54) is 0 Å². The lowest BCUT2D eigenvalue weighted by Gasteiger charge is -2.29. The van der Waals surface area contributed by atoms with Gasteiger partial charge in [-0.1, -0.05) is 27.2 Å². The minimum atomic E-state index is -0.210. The highest BCUT2D eigenvalue weighted by Crippen LogP contribution is 2.32. The zero-order chi connectivity index (χ0) is 11.2. The van der Waals surface area contributed by atoms with E-state index in [4.69, 9.17) is 10.4 Å².